The summed E-state index contributed by atoms with van der Waals surface area (Å²) in [6, 6.07) is 13.1. The molecule has 0 aliphatic carbocycles. The van der Waals surface area contributed by atoms with E-state index in [4.69, 9.17) is 4.74 Å². The molecular weight excluding hydrogens is 428 g/mol. The number of benzene rings is 2. The number of sulfonamides is 1. The summed E-state index contributed by atoms with van der Waals surface area (Å²) in [7, 11) is -3.91. The van der Waals surface area contributed by atoms with E-state index in [2.05, 4.69) is 0 Å². The van der Waals surface area contributed by atoms with Crippen molar-refractivity contribution in [2.45, 2.75) is 58.5 Å². The maximum absolute atomic E-state index is 13.4. The van der Waals surface area contributed by atoms with E-state index < -0.39 is 22.6 Å². The van der Waals surface area contributed by atoms with Gasteiger partial charge in [0.1, 0.15) is 0 Å². The Hall–Kier alpha value is -2.87. The average molecular weight is 461 g/mol. The largest absolute Gasteiger partial charge is 0.452 e. The Morgan fingerprint density at radius 1 is 0.969 bits per heavy atom. The fourth-order valence-corrected chi connectivity index (χ4v) is 5.39. The number of ether oxygens (including phenoxy) is 1. The molecule has 0 aliphatic heterocycles. The molecule has 174 valence electrons. The first-order valence-corrected chi connectivity index (χ1v) is 12.1. The van der Waals surface area contributed by atoms with Gasteiger partial charge in [-0.3, -0.25) is 9.10 Å². The van der Waals surface area contributed by atoms with E-state index in [1.54, 1.807) is 49.1 Å². The lowest BCUT2D eigenvalue weighted by atomic mass is 10.1. The molecule has 2 rings (SSSR count). The molecule has 0 heterocycles. The van der Waals surface area contributed by atoms with Crippen LogP contribution in [0.4, 0.5) is 5.69 Å². The van der Waals surface area contributed by atoms with Crippen LogP contribution in [0.15, 0.2) is 53.4 Å². The van der Waals surface area contributed by atoms with Gasteiger partial charge in [0.2, 0.25) is 0 Å². The third kappa shape index (κ3) is 5.68. The first-order chi connectivity index (χ1) is 15.0. The Labute approximate surface area is 191 Å². The summed E-state index contributed by atoms with van der Waals surface area (Å²) in [5.41, 5.74) is 1.12. The molecule has 0 radical (unpaired) electrons. The third-order valence-electron chi connectivity index (χ3n) is 5.05. The molecule has 0 N–H and O–H groups in total. The van der Waals surface area contributed by atoms with E-state index >= 15 is 0 Å². The van der Waals surface area contributed by atoms with Gasteiger partial charge >= 0.3 is 5.97 Å². The smallest absolute Gasteiger partial charge is 0.338 e. The number of esters is 1. The highest BCUT2D eigenvalue weighted by Gasteiger charge is 2.27. The highest BCUT2D eigenvalue weighted by molar-refractivity contribution is 7.92. The second kappa shape index (κ2) is 10.6. The van der Waals surface area contributed by atoms with Crippen molar-refractivity contribution in [1.82, 2.24) is 4.90 Å². The number of rotatable bonds is 9. The molecule has 0 saturated carbocycles. The highest BCUT2D eigenvalue weighted by Crippen LogP contribution is 2.26. The monoisotopic (exact) mass is 460 g/mol. The zero-order valence-corrected chi connectivity index (χ0v) is 20.3. The zero-order valence-electron chi connectivity index (χ0n) is 19.5. The van der Waals surface area contributed by atoms with Crippen molar-refractivity contribution < 1.29 is 22.7 Å². The van der Waals surface area contributed by atoms with Crippen LogP contribution in [0.5, 0.6) is 0 Å². The number of amides is 1. The van der Waals surface area contributed by atoms with E-state index in [0.717, 1.165) is 0 Å². The molecule has 2 aromatic rings. The van der Waals surface area contributed by atoms with Crippen LogP contribution >= 0.6 is 0 Å². The molecule has 0 atom stereocenters. The summed E-state index contributed by atoms with van der Waals surface area (Å²) >= 11 is 0. The van der Waals surface area contributed by atoms with Crippen molar-refractivity contribution in [2.75, 3.05) is 17.5 Å². The number of hydrogen-bond acceptors (Lipinski definition) is 5. The number of carbonyl (C=O) groups is 2. The van der Waals surface area contributed by atoms with Gasteiger partial charge in [-0.05, 0) is 71.4 Å². The molecule has 0 fully saturated rings. The Morgan fingerprint density at radius 2 is 1.56 bits per heavy atom. The van der Waals surface area contributed by atoms with Crippen LogP contribution in [0.25, 0.3) is 0 Å². The summed E-state index contributed by atoms with van der Waals surface area (Å²) in [6.07, 6.45) is 0. The second-order valence-electron chi connectivity index (χ2n) is 8.05. The molecule has 32 heavy (non-hydrogen) atoms. The maximum Gasteiger partial charge on any atom is 0.338 e. The van der Waals surface area contributed by atoms with Gasteiger partial charge in [0, 0.05) is 18.6 Å². The molecule has 0 aliphatic rings. The van der Waals surface area contributed by atoms with Crippen LogP contribution in [0.2, 0.25) is 0 Å². The second-order valence-corrected chi connectivity index (χ2v) is 9.88. The van der Waals surface area contributed by atoms with E-state index in [-0.39, 0.29) is 35.0 Å². The van der Waals surface area contributed by atoms with Gasteiger partial charge in [-0.1, -0.05) is 24.3 Å². The Bertz CT molecular complexity index is 1040. The molecule has 0 saturated heterocycles. The number of para-hydroxylation sites is 1. The minimum absolute atomic E-state index is 0.0231. The van der Waals surface area contributed by atoms with Gasteiger partial charge in [0.05, 0.1) is 16.1 Å². The standard InChI is InChI=1S/C24H32N2O5S/c1-7-25(21-11-9-8-10-12-21)32(29,30)22-15-20(14-13-19(22)6)24(28)31-16-23(27)26(17(2)3)18(4)5/h8-15,17-18H,7,16H2,1-6H3. The zero-order chi connectivity index (χ0) is 24.1. The van der Waals surface area contributed by atoms with Gasteiger partial charge in [-0.25, -0.2) is 13.2 Å². The average Bonchev–Trinajstić information content (AvgIpc) is 2.72. The van der Waals surface area contributed by atoms with Crippen molar-refractivity contribution >= 4 is 27.6 Å². The fraction of sp³-hybridized carbons (Fsp3) is 0.417. The highest BCUT2D eigenvalue weighted by atomic mass is 32.2. The molecule has 0 aromatic heterocycles. The van der Waals surface area contributed by atoms with Crippen LogP contribution in [-0.4, -0.2) is 50.4 Å². The van der Waals surface area contributed by atoms with Crippen molar-refractivity contribution in [3.05, 3.63) is 59.7 Å². The van der Waals surface area contributed by atoms with E-state index in [9.17, 15) is 18.0 Å². The summed E-state index contributed by atoms with van der Waals surface area (Å²) < 4.78 is 33.3. The molecule has 0 bridgehead atoms. The SMILES string of the molecule is CCN(c1ccccc1)S(=O)(=O)c1cc(C(=O)OCC(=O)N(C(C)C)C(C)C)ccc1C. The van der Waals surface area contributed by atoms with E-state index in [1.165, 1.54) is 16.4 Å². The van der Waals surface area contributed by atoms with Gasteiger partial charge in [0.15, 0.2) is 6.61 Å². The van der Waals surface area contributed by atoms with Crippen LogP contribution in [0.1, 0.15) is 50.5 Å². The van der Waals surface area contributed by atoms with Crippen LogP contribution in [-0.2, 0) is 19.6 Å². The minimum atomic E-state index is -3.91. The lowest BCUT2D eigenvalue weighted by Crippen LogP contribution is -2.44. The maximum atomic E-state index is 13.4. The third-order valence-corrected chi connectivity index (χ3v) is 7.10. The van der Waals surface area contributed by atoms with Crippen molar-refractivity contribution in [3.63, 3.8) is 0 Å². The van der Waals surface area contributed by atoms with Gasteiger partial charge < -0.3 is 9.64 Å². The predicted octanol–water partition coefficient (Wildman–Crippen LogP) is 4.01. The van der Waals surface area contributed by atoms with Crippen molar-refractivity contribution in [3.8, 4) is 0 Å². The minimum Gasteiger partial charge on any atom is -0.452 e. The summed E-state index contributed by atoms with van der Waals surface area (Å²) in [5.74, 6) is -1.05. The first kappa shape index (κ1) is 25.4. The normalized spacial score (nSPS) is 11.5. The van der Waals surface area contributed by atoms with Crippen molar-refractivity contribution in [1.29, 1.82) is 0 Å². The summed E-state index contributed by atoms with van der Waals surface area (Å²) in [4.78, 5) is 26.7. The molecule has 0 unspecified atom stereocenters. The lowest BCUT2D eigenvalue weighted by molar-refractivity contribution is -0.138. The van der Waals surface area contributed by atoms with Crippen LogP contribution in [0, 0.1) is 6.92 Å². The van der Waals surface area contributed by atoms with Crippen LogP contribution in [0.3, 0.4) is 0 Å². The Kier molecular flexibility index (Phi) is 8.44. The number of nitrogens with zero attached hydrogens (tertiary/aromatic N) is 2. The topological polar surface area (TPSA) is 84.0 Å². The number of hydrogen-bond donors (Lipinski definition) is 0. The molecule has 1 amide bonds. The van der Waals surface area contributed by atoms with E-state index in [0.29, 0.717) is 11.3 Å². The van der Waals surface area contributed by atoms with E-state index in [1.807, 2.05) is 33.8 Å². The molecule has 8 heteroatoms. The van der Waals surface area contributed by atoms with Gasteiger partial charge in [0.25, 0.3) is 15.9 Å². The van der Waals surface area contributed by atoms with Crippen LogP contribution < -0.4 is 4.31 Å². The molecular formula is C24H32N2O5S. The molecule has 7 nitrogen and oxygen atoms in total. The summed E-state index contributed by atoms with van der Waals surface area (Å²) in [6.45, 7) is 10.8. The Morgan fingerprint density at radius 3 is 2.09 bits per heavy atom. The Balaban J connectivity index is 2.28. The van der Waals surface area contributed by atoms with Crippen molar-refractivity contribution in [2.24, 2.45) is 0 Å². The van der Waals surface area contributed by atoms with Gasteiger partial charge in [-0.2, -0.15) is 0 Å². The number of anilines is 1. The predicted molar refractivity (Wildman–Crippen MR) is 125 cm³/mol. The number of carbonyl (C=O) groups excluding carboxylic acids is 2. The first-order valence-electron chi connectivity index (χ1n) is 10.7. The number of aryl methyl sites for hydroxylation is 1. The molecule has 0 spiro atoms. The quantitative estimate of drug-likeness (QED) is 0.528. The van der Waals surface area contributed by atoms with Gasteiger partial charge in [-0.15, -0.1) is 0 Å². The molecule has 2 aromatic carbocycles. The fourth-order valence-electron chi connectivity index (χ4n) is 3.67. The lowest BCUT2D eigenvalue weighted by Gasteiger charge is -2.30. The summed E-state index contributed by atoms with van der Waals surface area (Å²) in [5, 5.41) is 0.